The molecule has 0 unspecified atom stereocenters. The minimum atomic E-state index is -0.421. The lowest BCUT2D eigenvalue weighted by molar-refractivity contribution is -0.118. The number of esters is 1. The maximum atomic E-state index is 12.4. The zero-order valence-electron chi connectivity index (χ0n) is 17.8. The van der Waals surface area contributed by atoms with Gasteiger partial charge in [0, 0.05) is 5.69 Å². The Morgan fingerprint density at radius 2 is 1.70 bits per heavy atom. The van der Waals surface area contributed by atoms with Gasteiger partial charge in [0.15, 0.2) is 6.61 Å². The second-order valence-corrected chi connectivity index (χ2v) is 7.06. The number of H-pyrrole nitrogens is 1. The van der Waals surface area contributed by atoms with Crippen molar-refractivity contribution in [3.05, 3.63) is 88.7 Å². The smallest absolute Gasteiger partial charge is 0.338 e. The van der Waals surface area contributed by atoms with Gasteiger partial charge in [-0.2, -0.15) is 0 Å². The largest absolute Gasteiger partial charge is 0.483 e. The first-order chi connectivity index (χ1) is 16.0. The van der Waals surface area contributed by atoms with Gasteiger partial charge in [0.1, 0.15) is 11.6 Å². The number of anilines is 1. The van der Waals surface area contributed by atoms with Crippen molar-refractivity contribution < 1.29 is 19.1 Å². The van der Waals surface area contributed by atoms with E-state index >= 15 is 0 Å². The number of carbonyl (C=O) groups is 2. The number of aromatic amines is 1. The van der Waals surface area contributed by atoms with Crippen LogP contribution in [0, 0.1) is 0 Å². The number of ether oxygens (including phenoxy) is 2. The average Bonchev–Trinajstić information content (AvgIpc) is 2.83. The van der Waals surface area contributed by atoms with E-state index in [0.29, 0.717) is 45.9 Å². The molecule has 0 spiro atoms. The number of amides is 1. The molecule has 0 aliphatic heterocycles. The monoisotopic (exact) mass is 443 g/mol. The van der Waals surface area contributed by atoms with E-state index in [0.717, 1.165) is 0 Å². The molecule has 0 saturated carbocycles. The van der Waals surface area contributed by atoms with Crippen LogP contribution in [0.25, 0.3) is 22.3 Å². The summed E-state index contributed by atoms with van der Waals surface area (Å²) < 4.78 is 10.7. The fourth-order valence-corrected chi connectivity index (χ4v) is 3.25. The van der Waals surface area contributed by atoms with E-state index in [1.807, 2.05) is 6.07 Å². The summed E-state index contributed by atoms with van der Waals surface area (Å²) in [7, 11) is 0. The highest BCUT2D eigenvalue weighted by Gasteiger charge is 2.13. The molecule has 8 heteroatoms. The lowest BCUT2D eigenvalue weighted by Gasteiger charge is -2.12. The molecular formula is C25H21N3O5. The molecule has 3 aromatic carbocycles. The average molecular weight is 443 g/mol. The summed E-state index contributed by atoms with van der Waals surface area (Å²) in [6.45, 7) is 1.77. The van der Waals surface area contributed by atoms with E-state index < -0.39 is 5.97 Å². The van der Waals surface area contributed by atoms with Crippen molar-refractivity contribution in [2.45, 2.75) is 6.92 Å². The fourth-order valence-electron chi connectivity index (χ4n) is 3.25. The summed E-state index contributed by atoms with van der Waals surface area (Å²) >= 11 is 0. The zero-order chi connectivity index (χ0) is 23.2. The van der Waals surface area contributed by atoms with Gasteiger partial charge in [0.25, 0.3) is 11.5 Å². The van der Waals surface area contributed by atoms with Crippen molar-refractivity contribution in [1.82, 2.24) is 9.97 Å². The van der Waals surface area contributed by atoms with Crippen LogP contribution in [0.1, 0.15) is 17.3 Å². The van der Waals surface area contributed by atoms with Crippen LogP contribution < -0.4 is 15.6 Å². The SMILES string of the molecule is CCOC(=O)c1ccc(NC(=O)COc2ccccc2-c2nc3ccccc3c(=O)[nH]2)cc1. The van der Waals surface area contributed by atoms with E-state index in [1.165, 1.54) is 0 Å². The maximum Gasteiger partial charge on any atom is 0.338 e. The molecule has 1 heterocycles. The number of rotatable bonds is 7. The Bertz CT molecular complexity index is 1360. The molecule has 0 bridgehead atoms. The summed E-state index contributed by atoms with van der Waals surface area (Å²) in [5.41, 5.74) is 1.79. The first-order valence-corrected chi connectivity index (χ1v) is 10.3. The van der Waals surface area contributed by atoms with Crippen LogP contribution in [-0.2, 0) is 9.53 Å². The van der Waals surface area contributed by atoms with Crippen LogP contribution in [0.3, 0.4) is 0 Å². The molecule has 0 radical (unpaired) electrons. The number of para-hydroxylation sites is 2. The predicted octanol–water partition coefficient (Wildman–Crippen LogP) is 3.78. The molecular weight excluding hydrogens is 422 g/mol. The summed E-state index contributed by atoms with van der Waals surface area (Å²) in [6, 6.07) is 20.5. The highest BCUT2D eigenvalue weighted by atomic mass is 16.5. The molecule has 1 aromatic heterocycles. The quantitative estimate of drug-likeness (QED) is 0.421. The van der Waals surface area contributed by atoms with Crippen LogP contribution in [-0.4, -0.2) is 35.1 Å². The second kappa shape index (κ2) is 9.78. The maximum absolute atomic E-state index is 12.4. The molecule has 0 aliphatic rings. The van der Waals surface area contributed by atoms with Crippen molar-refractivity contribution in [3.8, 4) is 17.1 Å². The van der Waals surface area contributed by atoms with Gasteiger partial charge < -0.3 is 19.8 Å². The van der Waals surface area contributed by atoms with Crippen LogP contribution >= 0.6 is 0 Å². The van der Waals surface area contributed by atoms with Gasteiger partial charge in [-0.25, -0.2) is 9.78 Å². The summed E-state index contributed by atoms with van der Waals surface area (Å²) in [6.07, 6.45) is 0. The predicted molar refractivity (Wildman–Crippen MR) is 124 cm³/mol. The van der Waals surface area contributed by atoms with Crippen LogP contribution in [0.15, 0.2) is 77.6 Å². The number of hydrogen-bond acceptors (Lipinski definition) is 6. The lowest BCUT2D eigenvalue weighted by atomic mass is 10.1. The van der Waals surface area contributed by atoms with Crippen molar-refractivity contribution in [1.29, 1.82) is 0 Å². The van der Waals surface area contributed by atoms with Gasteiger partial charge in [-0.1, -0.05) is 24.3 Å². The highest BCUT2D eigenvalue weighted by Crippen LogP contribution is 2.27. The molecule has 0 atom stereocenters. The highest BCUT2D eigenvalue weighted by molar-refractivity contribution is 5.93. The molecule has 1 amide bonds. The number of nitrogens with zero attached hydrogens (tertiary/aromatic N) is 1. The van der Waals surface area contributed by atoms with Gasteiger partial charge >= 0.3 is 5.97 Å². The Labute approximate surface area is 189 Å². The first-order valence-electron chi connectivity index (χ1n) is 10.3. The van der Waals surface area contributed by atoms with E-state index in [9.17, 15) is 14.4 Å². The fraction of sp³-hybridized carbons (Fsp3) is 0.120. The Hall–Kier alpha value is -4.46. The molecule has 0 fully saturated rings. The molecule has 0 aliphatic carbocycles. The third-order valence-corrected chi connectivity index (χ3v) is 4.79. The van der Waals surface area contributed by atoms with Crippen molar-refractivity contribution in [2.75, 3.05) is 18.5 Å². The lowest BCUT2D eigenvalue weighted by Crippen LogP contribution is -2.20. The summed E-state index contributed by atoms with van der Waals surface area (Å²) in [5.74, 6) is -0.0442. The third-order valence-electron chi connectivity index (χ3n) is 4.79. The Morgan fingerprint density at radius 3 is 2.48 bits per heavy atom. The standard InChI is InChI=1S/C25H21N3O5/c1-2-32-25(31)16-11-13-17(14-12-16)26-22(29)15-33-21-10-6-4-8-19(21)23-27-20-9-5-3-7-18(20)24(30)28-23/h3-14H,2,15H2,1H3,(H,26,29)(H,27,28,30). The van der Waals surface area contributed by atoms with Gasteiger partial charge in [-0.3, -0.25) is 9.59 Å². The Balaban J connectivity index is 1.46. The summed E-state index contributed by atoms with van der Waals surface area (Å²) in [4.78, 5) is 43.8. The molecule has 166 valence electrons. The normalized spacial score (nSPS) is 10.6. The number of fused-ring (bicyclic) bond motifs is 1. The van der Waals surface area contributed by atoms with Gasteiger partial charge in [0.2, 0.25) is 0 Å². The molecule has 2 N–H and O–H groups in total. The molecule has 8 nitrogen and oxygen atoms in total. The van der Waals surface area contributed by atoms with E-state index in [4.69, 9.17) is 9.47 Å². The van der Waals surface area contributed by atoms with Crippen molar-refractivity contribution >= 4 is 28.5 Å². The molecule has 4 aromatic rings. The van der Waals surface area contributed by atoms with Crippen molar-refractivity contribution in [3.63, 3.8) is 0 Å². The number of nitrogens with one attached hydrogen (secondary N) is 2. The van der Waals surface area contributed by atoms with E-state index in [2.05, 4.69) is 15.3 Å². The zero-order valence-corrected chi connectivity index (χ0v) is 17.8. The second-order valence-electron chi connectivity index (χ2n) is 7.06. The van der Waals surface area contributed by atoms with Crippen LogP contribution in [0.2, 0.25) is 0 Å². The van der Waals surface area contributed by atoms with Gasteiger partial charge in [-0.15, -0.1) is 0 Å². The molecule has 4 rings (SSSR count). The topological polar surface area (TPSA) is 110 Å². The van der Waals surface area contributed by atoms with Gasteiger partial charge in [0.05, 0.1) is 28.6 Å². The van der Waals surface area contributed by atoms with E-state index in [1.54, 1.807) is 73.7 Å². The van der Waals surface area contributed by atoms with Crippen LogP contribution in [0.5, 0.6) is 5.75 Å². The van der Waals surface area contributed by atoms with Crippen LogP contribution in [0.4, 0.5) is 5.69 Å². The number of carbonyl (C=O) groups excluding carboxylic acids is 2. The Kier molecular flexibility index (Phi) is 6.45. The summed E-state index contributed by atoms with van der Waals surface area (Å²) in [5, 5.41) is 3.21. The first kappa shape index (κ1) is 21.8. The number of aromatic nitrogens is 2. The number of benzene rings is 3. The van der Waals surface area contributed by atoms with E-state index in [-0.39, 0.29) is 18.1 Å². The minimum Gasteiger partial charge on any atom is -0.483 e. The third kappa shape index (κ3) is 5.07. The molecule has 33 heavy (non-hydrogen) atoms. The van der Waals surface area contributed by atoms with Crippen molar-refractivity contribution in [2.24, 2.45) is 0 Å². The Morgan fingerprint density at radius 1 is 0.970 bits per heavy atom. The molecule has 0 saturated heterocycles. The van der Waals surface area contributed by atoms with Gasteiger partial charge in [-0.05, 0) is 55.5 Å². The minimum absolute atomic E-state index is 0.255. The number of hydrogen-bond donors (Lipinski definition) is 2.